The number of H-pyrrole nitrogens is 1. The van der Waals surface area contributed by atoms with Crippen LogP contribution in [0.3, 0.4) is 0 Å². The van der Waals surface area contributed by atoms with Crippen molar-refractivity contribution in [2.24, 2.45) is 0 Å². The number of aromatic amines is 1. The molecule has 0 saturated carbocycles. The predicted octanol–water partition coefficient (Wildman–Crippen LogP) is 1.18. The molecule has 0 amide bonds. The molecule has 0 spiro atoms. The average Bonchev–Trinajstić information content (AvgIpc) is 2.59. The lowest BCUT2D eigenvalue weighted by Crippen LogP contribution is -2.02. The van der Waals surface area contributed by atoms with Crippen molar-refractivity contribution in [2.75, 3.05) is 0 Å². The Hall–Kier alpha value is -2.24. The van der Waals surface area contributed by atoms with Gasteiger partial charge in [-0.1, -0.05) is 0 Å². The topological polar surface area (TPSA) is 91.8 Å². The molecule has 0 radical (unpaired) electrons. The van der Waals surface area contributed by atoms with Crippen LogP contribution in [-0.4, -0.2) is 31.0 Å². The van der Waals surface area contributed by atoms with Gasteiger partial charge in [-0.25, -0.2) is 19.7 Å². The van der Waals surface area contributed by atoms with E-state index in [2.05, 4.69) is 19.9 Å². The van der Waals surface area contributed by atoms with Gasteiger partial charge in [0.2, 0.25) is 0 Å². The van der Waals surface area contributed by atoms with Crippen LogP contribution in [0, 0.1) is 13.8 Å². The first-order chi connectivity index (χ1) is 7.58. The van der Waals surface area contributed by atoms with Crippen molar-refractivity contribution in [1.29, 1.82) is 0 Å². The van der Waals surface area contributed by atoms with Crippen LogP contribution >= 0.6 is 0 Å². The summed E-state index contributed by atoms with van der Waals surface area (Å²) >= 11 is 0. The lowest BCUT2D eigenvalue weighted by atomic mass is 10.4. The second-order valence-electron chi connectivity index (χ2n) is 3.37. The van der Waals surface area contributed by atoms with Crippen molar-refractivity contribution in [1.82, 2.24) is 19.9 Å². The van der Waals surface area contributed by atoms with E-state index < -0.39 is 5.97 Å². The number of rotatable bonds is 2. The van der Waals surface area contributed by atoms with E-state index in [0.29, 0.717) is 5.82 Å². The van der Waals surface area contributed by atoms with Crippen LogP contribution in [0.1, 0.15) is 21.9 Å². The second-order valence-corrected chi connectivity index (χ2v) is 3.37. The molecule has 82 valence electrons. The lowest BCUT2D eigenvalue weighted by Gasteiger charge is -1.96. The monoisotopic (exact) mass is 218 g/mol. The van der Waals surface area contributed by atoms with E-state index in [1.54, 1.807) is 0 Å². The van der Waals surface area contributed by atoms with Crippen molar-refractivity contribution in [3.05, 3.63) is 29.3 Å². The molecule has 0 unspecified atom stereocenters. The highest BCUT2D eigenvalue weighted by Crippen LogP contribution is 2.13. The third-order valence-electron chi connectivity index (χ3n) is 2.21. The number of nitrogens with zero attached hydrogens (tertiary/aromatic N) is 3. The normalized spacial score (nSPS) is 10.4. The quantitative estimate of drug-likeness (QED) is 0.789. The highest BCUT2D eigenvalue weighted by Gasteiger charge is 2.11. The van der Waals surface area contributed by atoms with E-state index in [4.69, 9.17) is 5.11 Å². The number of aromatic carboxylic acids is 1. The largest absolute Gasteiger partial charge is 0.477 e. The van der Waals surface area contributed by atoms with Gasteiger partial charge in [0.1, 0.15) is 0 Å². The van der Waals surface area contributed by atoms with Gasteiger partial charge in [-0.15, -0.1) is 0 Å². The fraction of sp³-hybridized carbons (Fsp3) is 0.200. The van der Waals surface area contributed by atoms with Gasteiger partial charge in [0.25, 0.3) is 0 Å². The Labute approximate surface area is 91.4 Å². The summed E-state index contributed by atoms with van der Waals surface area (Å²) in [6.45, 7) is 3.74. The molecule has 0 aromatic carbocycles. The molecule has 2 aromatic rings. The fourth-order valence-corrected chi connectivity index (χ4v) is 1.25. The molecule has 0 aliphatic rings. The summed E-state index contributed by atoms with van der Waals surface area (Å²) in [7, 11) is 0. The predicted molar refractivity (Wildman–Crippen MR) is 56.0 cm³/mol. The SMILES string of the molecule is Cc1nc(-c2nccc(C(=O)O)n2)[nH]c1C. The molecule has 0 bridgehead atoms. The molecule has 2 rings (SSSR count). The van der Waals surface area contributed by atoms with E-state index in [1.165, 1.54) is 12.3 Å². The molecule has 2 N–H and O–H groups in total. The van der Waals surface area contributed by atoms with Gasteiger partial charge in [-0.3, -0.25) is 0 Å². The van der Waals surface area contributed by atoms with Crippen molar-refractivity contribution in [3.8, 4) is 11.6 Å². The van der Waals surface area contributed by atoms with Gasteiger partial charge in [-0.2, -0.15) is 0 Å². The summed E-state index contributed by atoms with van der Waals surface area (Å²) < 4.78 is 0. The number of carboxylic acid groups (broad SMARTS) is 1. The third kappa shape index (κ3) is 1.77. The van der Waals surface area contributed by atoms with Crippen LogP contribution in [0.5, 0.6) is 0 Å². The Bertz CT molecular complexity index is 528. The van der Waals surface area contributed by atoms with Gasteiger partial charge < -0.3 is 10.1 Å². The number of hydrogen-bond acceptors (Lipinski definition) is 4. The van der Waals surface area contributed by atoms with Crippen LogP contribution in [-0.2, 0) is 0 Å². The number of hydrogen-bond donors (Lipinski definition) is 2. The maximum absolute atomic E-state index is 10.7. The molecular weight excluding hydrogens is 208 g/mol. The summed E-state index contributed by atoms with van der Waals surface area (Å²) in [5.74, 6) is -0.308. The summed E-state index contributed by atoms with van der Waals surface area (Å²) in [6, 6.07) is 1.34. The minimum atomic E-state index is -1.08. The van der Waals surface area contributed by atoms with E-state index in [1.807, 2.05) is 13.8 Å². The van der Waals surface area contributed by atoms with E-state index >= 15 is 0 Å². The van der Waals surface area contributed by atoms with E-state index in [0.717, 1.165) is 11.4 Å². The van der Waals surface area contributed by atoms with E-state index in [9.17, 15) is 4.79 Å². The zero-order valence-corrected chi connectivity index (χ0v) is 8.85. The van der Waals surface area contributed by atoms with Gasteiger partial charge in [0.15, 0.2) is 17.3 Å². The number of carboxylic acids is 1. The Morgan fingerprint density at radius 1 is 1.38 bits per heavy atom. The van der Waals surface area contributed by atoms with Crippen molar-refractivity contribution in [3.63, 3.8) is 0 Å². The number of aromatic nitrogens is 4. The number of carbonyl (C=O) groups is 1. The van der Waals surface area contributed by atoms with Gasteiger partial charge in [0, 0.05) is 11.9 Å². The van der Waals surface area contributed by atoms with Crippen molar-refractivity contribution in [2.45, 2.75) is 13.8 Å². The Morgan fingerprint density at radius 3 is 2.69 bits per heavy atom. The standard InChI is InChI=1S/C10H10N4O2/c1-5-6(2)13-9(12-5)8-11-4-3-7(14-8)10(15)16/h3-4H,1-2H3,(H,12,13)(H,15,16). The summed E-state index contributed by atoms with van der Waals surface area (Å²) in [4.78, 5) is 25.8. The average molecular weight is 218 g/mol. The third-order valence-corrected chi connectivity index (χ3v) is 2.21. The fourth-order valence-electron chi connectivity index (χ4n) is 1.25. The smallest absolute Gasteiger partial charge is 0.354 e. The zero-order chi connectivity index (χ0) is 11.7. The van der Waals surface area contributed by atoms with Crippen molar-refractivity contribution < 1.29 is 9.90 Å². The molecule has 6 heteroatoms. The van der Waals surface area contributed by atoms with Gasteiger partial charge in [-0.05, 0) is 19.9 Å². The first-order valence-electron chi connectivity index (χ1n) is 4.68. The lowest BCUT2D eigenvalue weighted by molar-refractivity contribution is 0.0690. The molecule has 16 heavy (non-hydrogen) atoms. The van der Waals surface area contributed by atoms with E-state index in [-0.39, 0.29) is 11.5 Å². The summed E-state index contributed by atoms with van der Waals surface area (Å²) in [5, 5.41) is 8.80. The molecule has 0 fully saturated rings. The molecule has 0 aliphatic heterocycles. The van der Waals surface area contributed by atoms with Crippen molar-refractivity contribution >= 4 is 5.97 Å². The highest BCUT2D eigenvalue weighted by atomic mass is 16.4. The van der Waals surface area contributed by atoms with Gasteiger partial charge in [0.05, 0.1) is 5.69 Å². The minimum absolute atomic E-state index is 0.0447. The zero-order valence-electron chi connectivity index (χ0n) is 8.85. The first kappa shape index (κ1) is 10.3. The molecule has 2 heterocycles. The highest BCUT2D eigenvalue weighted by molar-refractivity contribution is 5.85. The molecule has 0 atom stereocenters. The second kappa shape index (κ2) is 3.73. The van der Waals surface area contributed by atoms with Crippen LogP contribution in [0.4, 0.5) is 0 Å². The molecule has 2 aromatic heterocycles. The Balaban J connectivity index is 2.48. The maximum Gasteiger partial charge on any atom is 0.354 e. The molecule has 6 nitrogen and oxygen atoms in total. The minimum Gasteiger partial charge on any atom is -0.477 e. The molecule has 0 aliphatic carbocycles. The number of aryl methyl sites for hydroxylation is 2. The molecular formula is C10H10N4O2. The number of imidazole rings is 1. The van der Waals surface area contributed by atoms with Crippen LogP contribution < -0.4 is 0 Å². The van der Waals surface area contributed by atoms with Crippen LogP contribution in [0.25, 0.3) is 11.6 Å². The number of nitrogens with one attached hydrogen (secondary N) is 1. The first-order valence-corrected chi connectivity index (χ1v) is 4.68. The maximum atomic E-state index is 10.7. The Kier molecular flexibility index (Phi) is 2.40. The molecule has 0 saturated heterocycles. The van der Waals surface area contributed by atoms with Crippen LogP contribution in [0.15, 0.2) is 12.3 Å². The van der Waals surface area contributed by atoms with Gasteiger partial charge >= 0.3 is 5.97 Å². The van der Waals surface area contributed by atoms with Crippen LogP contribution in [0.2, 0.25) is 0 Å². The summed E-state index contributed by atoms with van der Waals surface area (Å²) in [6.07, 6.45) is 1.40. The Morgan fingerprint density at radius 2 is 2.12 bits per heavy atom. The summed E-state index contributed by atoms with van der Waals surface area (Å²) in [5.41, 5.74) is 1.72.